The lowest BCUT2D eigenvalue weighted by atomic mass is 9.68. The second-order valence-electron chi connectivity index (χ2n) is 8.87. The molecule has 1 aliphatic carbocycles. The van der Waals surface area contributed by atoms with Gasteiger partial charge in [0, 0.05) is 17.7 Å². The van der Waals surface area contributed by atoms with Gasteiger partial charge in [0.05, 0.1) is 5.60 Å². The highest BCUT2D eigenvalue weighted by molar-refractivity contribution is 6.30. The third kappa shape index (κ3) is 5.70. The fourth-order valence-corrected chi connectivity index (χ4v) is 4.93. The molecule has 0 unspecified atom stereocenters. The highest BCUT2D eigenvalue weighted by atomic mass is 35.5. The molecule has 1 aliphatic heterocycles. The second kappa shape index (κ2) is 8.41. The average molecular weight is 364 g/mol. The van der Waals surface area contributed by atoms with Gasteiger partial charge in [-0.15, -0.1) is 0 Å². The fourth-order valence-electron chi connectivity index (χ4n) is 4.80. The van der Waals surface area contributed by atoms with Gasteiger partial charge in [-0.05, 0) is 82.0 Å². The molecule has 2 aliphatic rings. The first kappa shape index (κ1) is 19.2. The highest BCUT2D eigenvalue weighted by Crippen LogP contribution is 2.42. The van der Waals surface area contributed by atoms with E-state index in [1.807, 2.05) is 12.1 Å². The zero-order chi connectivity index (χ0) is 17.8. The quantitative estimate of drug-likeness (QED) is 0.692. The Balaban J connectivity index is 1.56. The summed E-state index contributed by atoms with van der Waals surface area (Å²) in [6.07, 6.45) is 11.7. The Bertz CT molecular complexity index is 533. The van der Waals surface area contributed by atoms with Crippen LogP contribution in [0.5, 0.6) is 0 Å². The van der Waals surface area contributed by atoms with Crippen molar-refractivity contribution < 1.29 is 4.74 Å². The number of benzene rings is 1. The van der Waals surface area contributed by atoms with Crippen LogP contribution in [0.1, 0.15) is 70.8 Å². The smallest absolute Gasteiger partial charge is 0.0641 e. The summed E-state index contributed by atoms with van der Waals surface area (Å²) < 4.78 is 5.85. The van der Waals surface area contributed by atoms with E-state index in [-0.39, 0.29) is 5.60 Å². The van der Waals surface area contributed by atoms with E-state index >= 15 is 0 Å². The summed E-state index contributed by atoms with van der Waals surface area (Å²) in [4.78, 5) is 0. The molecule has 25 heavy (non-hydrogen) atoms. The number of halogens is 1. The summed E-state index contributed by atoms with van der Waals surface area (Å²) >= 11 is 6.06. The van der Waals surface area contributed by atoms with Gasteiger partial charge in [-0.1, -0.05) is 43.0 Å². The average Bonchev–Trinajstić information content (AvgIpc) is 2.57. The van der Waals surface area contributed by atoms with Crippen LogP contribution >= 0.6 is 11.6 Å². The Kier molecular flexibility index (Phi) is 6.46. The van der Waals surface area contributed by atoms with E-state index in [2.05, 4.69) is 31.3 Å². The van der Waals surface area contributed by atoms with Gasteiger partial charge in [0.15, 0.2) is 0 Å². The minimum atomic E-state index is 0.0295. The normalized spacial score (nSPS) is 25.6. The first-order valence-corrected chi connectivity index (χ1v) is 10.5. The van der Waals surface area contributed by atoms with E-state index in [4.69, 9.17) is 16.3 Å². The summed E-state index contributed by atoms with van der Waals surface area (Å²) in [5, 5.41) is 4.68. The molecule has 0 spiro atoms. The van der Waals surface area contributed by atoms with Crippen molar-refractivity contribution in [3.05, 3.63) is 34.9 Å². The largest absolute Gasteiger partial charge is 0.375 e. The summed E-state index contributed by atoms with van der Waals surface area (Å²) in [5.41, 5.74) is 1.94. The van der Waals surface area contributed by atoms with Crippen LogP contribution in [0.25, 0.3) is 0 Å². The maximum atomic E-state index is 6.06. The summed E-state index contributed by atoms with van der Waals surface area (Å²) in [6.45, 7) is 6.45. The zero-order valence-electron chi connectivity index (χ0n) is 16.0. The van der Waals surface area contributed by atoms with Gasteiger partial charge in [0.25, 0.3) is 0 Å². The van der Waals surface area contributed by atoms with Gasteiger partial charge < -0.3 is 10.1 Å². The first-order valence-electron chi connectivity index (χ1n) is 10.1. The molecule has 2 fully saturated rings. The molecule has 0 radical (unpaired) electrons. The van der Waals surface area contributed by atoms with Crippen LogP contribution in [-0.4, -0.2) is 24.8 Å². The van der Waals surface area contributed by atoms with Crippen molar-refractivity contribution >= 4 is 11.6 Å². The third-order valence-electron chi connectivity index (χ3n) is 6.19. The van der Waals surface area contributed by atoms with Crippen molar-refractivity contribution in [3.8, 4) is 0 Å². The van der Waals surface area contributed by atoms with Crippen LogP contribution < -0.4 is 5.32 Å². The molecule has 0 aromatic heterocycles. The number of hydrogen-bond donors (Lipinski definition) is 1. The van der Waals surface area contributed by atoms with Crippen LogP contribution in [0, 0.1) is 5.41 Å². The van der Waals surface area contributed by atoms with Crippen molar-refractivity contribution in [1.29, 1.82) is 0 Å². The molecule has 1 aromatic rings. The monoisotopic (exact) mass is 363 g/mol. The fraction of sp³-hybridized carbons (Fsp3) is 0.727. The van der Waals surface area contributed by atoms with Crippen LogP contribution in [0.4, 0.5) is 0 Å². The first-order chi connectivity index (χ1) is 12.0. The third-order valence-corrected chi connectivity index (χ3v) is 6.44. The molecule has 1 aromatic carbocycles. The lowest BCUT2D eigenvalue weighted by molar-refractivity contribution is -0.0631. The zero-order valence-corrected chi connectivity index (χ0v) is 16.7. The molecule has 140 valence electrons. The van der Waals surface area contributed by atoms with Crippen molar-refractivity contribution in [1.82, 2.24) is 5.32 Å². The van der Waals surface area contributed by atoms with Gasteiger partial charge in [-0.25, -0.2) is 0 Å². The number of rotatable bonds is 6. The maximum absolute atomic E-state index is 6.06. The molecule has 1 saturated heterocycles. The van der Waals surface area contributed by atoms with Crippen LogP contribution in [-0.2, 0) is 11.2 Å². The predicted octanol–water partition coefficient (Wildman–Crippen LogP) is 5.77. The number of nitrogens with one attached hydrogen (secondary N) is 1. The van der Waals surface area contributed by atoms with Crippen molar-refractivity contribution in [2.45, 2.75) is 83.3 Å². The Hall–Kier alpha value is -0.570. The summed E-state index contributed by atoms with van der Waals surface area (Å²) in [5.74, 6) is 0. The van der Waals surface area contributed by atoms with Gasteiger partial charge in [-0.3, -0.25) is 0 Å². The van der Waals surface area contributed by atoms with E-state index in [0.717, 1.165) is 31.0 Å². The Morgan fingerprint density at radius 2 is 1.84 bits per heavy atom. The van der Waals surface area contributed by atoms with Gasteiger partial charge in [0.1, 0.15) is 0 Å². The molecule has 1 saturated carbocycles. The highest BCUT2D eigenvalue weighted by Gasteiger charge is 2.33. The topological polar surface area (TPSA) is 21.3 Å². The second-order valence-corrected chi connectivity index (χ2v) is 9.30. The van der Waals surface area contributed by atoms with E-state index in [1.54, 1.807) is 0 Å². The predicted molar refractivity (Wildman–Crippen MR) is 106 cm³/mol. The Morgan fingerprint density at radius 1 is 1.12 bits per heavy atom. The molecule has 1 heterocycles. The van der Waals surface area contributed by atoms with E-state index in [9.17, 15) is 0 Å². The number of ether oxygens (including phenoxy) is 1. The van der Waals surface area contributed by atoms with E-state index in [0.29, 0.717) is 11.5 Å². The number of hydrogen-bond acceptors (Lipinski definition) is 2. The van der Waals surface area contributed by atoms with Gasteiger partial charge in [-0.2, -0.15) is 0 Å². The molecule has 1 atom stereocenters. The SMILES string of the molecule is CC1(C)C[C@H](NCCC2(Cc3ccc(Cl)cc3)CCCCC2)CCO1. The molecular weight excluding hydrogens is 330 g/mol. The molecule has 1 N–H and O–H groups in total. The standard InChI is InChI=1S/C22H34ClNO/c1-21(2)17-20(10-15-25-21)24-14-13-22(11-4-3-5-12-22)16-18-6-8-19(23)9-7-18/h6-9,20,24H,3-5,10-17H2,1-2H3/t20-/m1/s1. The Labute approximate surface area is 158 Å². The molecule has 3 rings (SSSR count). The van der Waals surface area contributed by atoms with Crippen molar-refractivity contribution in [2.24, 2.45) is 5.41 Å². The minimum Gasteiger partial charge on any atom is -0.375 e. The minimum absolute atomic E-state index is 0.0295. The van der Waals surface area contributed by atoms with Crippen LogP contribution in [0.3, 0.4) is 0 Å². The van der Waals surface area contributed by atoms with E-state index < -0.39 is 0 Å². The van der Waals surface area contributed by atoms with Crippen molar-refractivity contribution in [3.63, 3.8) is 0 Å². The summed E-state index contributed by atoms with van der Waals surface area (Å²) in [6, 6.07) is 9.12. The molecule has 0 bridgehead atoms. The lowest BCUT2D eigenvalue weighted by Gasteiger charge is -2.40. The van der Waals surface area contributed by atoms with Crippen LogP contribution in [0.15, 0.2) is 24.3 Å². The summed E-state index contributed by atoms with van der Waals surface area (Å²) in [7, 11) is 0. The van der Waals surface area contributed by atoms with E-state index in [1.165, 1.54) is 50.5 Å². The van der Waals surface area contributed by atoms with Crippen molar-refractivity contribution in [2.75, 3.05) is 13.2 Å². The molecule has 3 heteroatoms. The van der Waals surface area contributed by atoms with Gasteiger partial charge >= 0.3 is 0 Å². The lowest BCUT2D eigenvalue weighted by Crippen LogP contribution is -2.44. The molecular formula is C22H34ClNO. The Morgan fingerprint density at radius 3 is 2.52 bits per heavy atom. The van der Waals surface area contributed by atoms with Gasteiger partial charge in [0.2, 0.25) is 0 Å². The maximum Gasteiger partial charge on any atom is 0.0641 e. The van der Waals surface area contributed by atoms with Crippen LogP contribution in [0.2, 0.25) is 5.02 Å². The molecule has 0 amide bonds. The molecule has 2 nitrogen and oxygen atoms in total.